The van der Waals surface area contributed by atoms with E-state index in [1.54, 1.807) is 24.3 Å². The first-order valence-electron chi connectivity index (χ1n) is 4.42. The molecule has 0 aliphatic heterocycles. The average molecular weight is 236 g/mol. The van der Waals surface area contributed by atoms with Gasteiger partial charge in [0.2, 0.25) is 4.77 Å². The van der Waals surface area contributed by atoms with Crippen molar-refractivity contribution in [3.8, 4) is 5.69 Å². The van der Waals surface area contributed by atoms with Gasteiger partial charge in [0.15, 0.2) is 0 Å². The molecule has 82 valence electrons. The van der Waals surface area contributed by atoms with E-state index in [2.05, 4.69) is 20.3 Å². The predicted octanol–water partition coefficient (Wildman–Crippen LogP) is 1.11. The first-order valence-corrected chi connectivity index (χ1v) is 4.82. The van der Waals surface area contributed by atoms with Gasteiger partial charge < -0.3 is 4.74 Å². The highest BCUT2D eigenvalue weighted by Crippen LogP contribution is 2.13. The average Bonchev–Trinajstić information content (AvgIpc) is 2.74. The molecule has 0 radical (unpaired) electrons. The van der Waals surface area contributed by atoms with Gasteiger partial charge in [-0.3, -0.25) is 0 Å². The van der Waals surface area contributed by atoms with Crippen LogP contribution in [0.5, 0.6) is 0 Å². The van der Waals surface area contributed by atoms with Crippen LogP contribution in [0.1, 0.15) is 10.4 Å². The lowest BCUT2D eigenvalue weighted by molar-refractivity contribution is 0.0600. The molecule has 6 nitrogen and oxygen atoms in total. The van der Waals surface area contributed by atoms with Crippen molar-refractivity contribution >= 4 is 18.2 Å². The number of aromatic amines is 1. The molecule has 1 aromatic heterocycles. The van der Waals surface area contributed by atoms with Crippen LogP contribution in [0.2, 0.25) is 0 Å². The molecule has 0 bridgehead atoms. The van der Waals surface area contributed by atoms with E-state index in [1.807, 2.05) is 0 Å². The fourth-order valence-corrected chi connectivity index (χ4v) is 1.49. The number of benzene rings is 1. The van der Waals surface area contributed by atoms with Crippen molar-refractivity contribution < 1.29 is 9.53 Å². The molecule has 0 unspecified atom stereocenters. The Bertz CT molecular complexity index is 575. The number of H-pyrrole nitrogens is 1. The fraction of sp³-hybridized carbons (Fsp3) is 0.111. The molecule has 0 saturated carbocycles. The lowest BCUT2D eigenvalue weighted by atomic mass is 10.2. The Labute approximate surface area is 95.8 Å². The minimum absolute atomic E-state index is 0.247. The number of carbonyl (C=O) groups excluding carboxylic acids is 1. The van der Waals surface area contributed by atoms with Crippen molar-refractivity contribution in [3.63, 3.8) is 0 Å². The molecule has 0 amide bonds. The smallest absolute Gasteiger partial charge is 0.340 e. The van der Waals surface area contributed by atoms with Gasteiger partial charge in [-0.1, -0.05) is 22.4 Å². The zero-order valence-electron chi connectivity index (χ0n) is 8.38. The number of ether oxygens (including phenoxy) is 1. The number of hydrogen-bond donors (Lipinski definition) is 1. The van der Waals surface area contributed by atoms with Crippen molar-refractivity contribution in [3.05, 3.63) is 34.6 Å². The predicted molar refractivity (Wildman–Crippen MR) is 57.9 cm³/mol. The number of esters is 1. The van der Waals surface area contributed by atoms with E-state index < -0.39 is 5.97 Å². The molecule has 0 aliphatic carbocycles. The largest absolute Gasteiger partial charge is 0.465 e. The van der Waals surface area contributed by atoms with E-state index in [-0.39, 0.29) is 4.77 Å². The second-order valence-electron chi connectivity index (χ2n) is 2.93. The van der Waals surface area contributed by atoms with Crippen molar-refractivity contribution in [1.29, 1.82) is 0 Å². The Morgan fingerprint density at radius 1 is 1.50 bits per heavy atom. The third-order valence-electron chi connectivity index (χ3n) is 2.02. The quantitative estimate of drug-likeness (QED) is 0.624. The molecule has 7 heteroatoms. The van der Waals surface area contributed by atoms with E-state index in [9.17, 15) is 4.79 Å². The molecule has 2 aromatic rings. The SMILES string of the molecule is COC(=O)c1ccccc1-n1[nH]nnc1=S. The minimum Gasteiger partial charge on any atom is -0.465 e. The Morgan fingerprint density at radius 3 is 2.88 bits per heavy atom. The monoisotopic (exact) mass is 236 g/mol. The summed E-state index contributed by atoms with van der Waals surface area (Å²) in [5, 5.41) is 9.78. The van der Waals surface area contributed by atoms with Gasteiger partial charge in [-0.2, -0.15) is 5.21 Å². The Morgan fingerprint density at radius 2 is 2.25 bits per heavy atom. The maximum Gasteiger partial charge on any atom is 0.340 e. The van der Waals surface area contributed by atoms with Gasteiger partial charge in [-0.15, -0.1) is 0 Å². The molecule has 1 heterocycles. The summed E-state index contributed by atoms with van der Waals surface area (Å²) < 4.78 is 6.35. The maximum absolute atomic E-state index is 11.5. The van der Waals surface area contributed by atoms with Crippen molar-refractivity contribution in [2.45, 2.75) is 0 Å². The van der Waals surface area contributed by atoms with E-state index >= 15 is 0 Å². The molecule has 0 spiro atoms. The molecule has 2 rings (SSSR count). The molecule has 1 N–H and O–H groups in total. The van der Waals surface area contributed by atoms with Crippen LogP contribution in [-0.2, 0) is 4.74 Å². The van der Waals surface area contributed by atoms with Gasteiger partial charge >= 0.3 is 5.97 Å². The first-order chi connectivity index (χ1) is 7.74. The van der Waals surface area contributed by atoms with Crippen molar-refractivity contribution in [2.24, 2.45) is 0 Å². The van der Waals surface area contributed by atoms with Crippen LogP contribution >= 0.6 is 12.2 Å². The molecule has 16 heavy (non-hydrogen) atoms. The number of para-hydroxylation sites is 1. The lowest BCUT2D eigenvalue weighted by Crippen LogP contribution is -2.08. The van der Waals surface area contributed by atoms with Gasteiger partial charge in [0.05, 0.1) is 18.4 Å². The van der Waals surface area contributed by atoms with E-state index in [4.69, 9.17) is 12.2 Å². The van der Waals surface area contributed by atoms with Gasteiger partial charge in [-0.05, 0) is 24.4 Å². The van der Waals surface area contributed by atoms with Crippen LogP contribution in [0.4, 0.5) is 0 Å². The summed E-state index contributed by atoms with van der Waals surface area (Å²) in [6, 6.07) is 6.89. The second kappa shape index (κ2) is 4.23. The Kier molecular flexibility index (Phi) is 2.78. The zero-order valence-corrected chi connectivity index (χ0v) is 9.19. The summed E-state index contributed by atoms with van der Waals surface area (Å²) in [6.07, 6.45) is 0. The number of rotatable bonds is 2. The summed E-state index contributed by atoms with van der Waals surface area (Å²) in [4.78, 5) is 11.5. The van der Waals surface area contributed by atoms with Crippen LogP contribution < -0.4 is 0 Å². The number of hydrogen-bond acceptors (Lipinski definition) is 5. The maximum atomic E-state index is 11.5. The normalized spacial score (nSPS) is 10.1. The highest BCUT2D eigenvalue weighted by atomic mass is 32.1. The van der Waals surface area contributed by atoms with Gasteiger partial charge in [0, 0.05) is 0 Å². The zero-order chi connectivity index (χ0) is 11.5. The second-order valence-corrected chi connectivity index (χ2v) is 3.29. The number of nitrogens with one attached hydrogen (secondary N) is 1. The summed E-state index contributed by atoms with van der Waals surface area (Å²) >= 11 is 4.96. The van der Waals surface area contributed by atoms with Crippen molar-refractivity contribution in [1.82, 2.24) is 20.2 Å². The van der Waals surface area contributed by atoms with Crippen molar-refractivity contribution in [2.75, 3.05) is 7.11 Å². The summed E-state index contributed by atoms with van der Waals surface area (Å²) in [5.74, 6) is -0.438. The van der Waals surface area contributed by atoms with E-state index in [0.717, 1.165) is 0 Å². The molecule has 0 atom stereocenters. The number of methoxy groups -OCH3 is 1. The Balaban J connectivity index is 2.62. The van der Waals surface area contributed by atoms with E-state index in [0.29, 0.717) is 11.3 Å². The molecular formula is C9H8N4O2S. The van der Waals surface area contributed by atoms with Gasteiger partial charge in [0.25, 0.3) is 0 Å². The summed E-state index contributed by atoms with van der Waals surface area (Å²) in [6.45, 7) is 0. The topological polar surface area (TPSA) is 72.8 Å². The highest BCUT2D eigenvalue weighted by molar-refractivity contribution is 7.71. The molecule has 1 aromatic carbocycles. The van der Waals surface area contributed by atoms with Gasteiger partial charge in [-0.25, -0.2) is 9.48 Å². The highest BCUT2D eigenvalue weighted by Gasteiger charge is 2.13. The van der Waals surface area contributed by atoms with E-state index in [1.165, 1.54) is 11.8 Å². The molecular weight excluding hydrogens is 228 g/mol. The number of carbonyl (C=O) groups is 1. The number of tetrazole rings is 1. The summed E-state index contributed by atoms with van der Waals surface area (Å²) in [7, 11) is 1.32. The molecule has 0 saturated heterocycles. The lowest BCUT2D eigenvalue weighted by Gasteiger charge is -2.06. The fourth-order valence-electron chi connectivity index (χ4n) is 1.31. The molecule has 0 fully saturated rings. The van der Waals surface area contributed by atoms with Crippen LogP contribution in [0.15, 0.2) is 24.3 Å². The van der Waals surface area contributed by atoms with Crippen LogP contribution in [0, 0.1) is 4.77 Å². The first kappa shape index (κ1) is 10.5. The minimum atomic E-state index is -0.438. The third kappa shape index (κ3) is 1.72. The number of nitrogens with zero attached hydrogens (tertiary/aromatic N) is 3. The molecule has 0 aliphatic rings. The van der Waals surface area contributed by atoms with Crippen LogP contribution in [-0.4, -0.2) is 33.3 Å². The van der Waals surface area contributed by atoms with Crippen LogP contribution in [0.25, 0.3) is 5.69 Å². The summed E-state index contributed by atoms with van der Waals surface area (Å²) in [5.41, 5.74) is 0.955. The number of aromatic nitrogens is 4. The van der Waals surface area contributed by atoms with Crippen LogP contribution in [0.3, 0.4) is 0 Å². The standard InChI is InChI=1S/C9H8N4O2S/c1-15-8(14)6-4-2-3-5-7(6)13-9(16)10-11-12-13/h2-5H,1H3,(H,10,12,16). The Hall–Kier alpha value is -2.02. The van der Waals surface area contributed by atoms with Gasteiger partial charge in [0.1, 0.15) is 0 Å². The third-order valence-corrected chi connectivity index (χ3v) is 2.29.